The first kappa shape index (κ1) is 25.2. The summed E-state index contributed by atoms with van der Waals surface area (Å²) in [4.78, 5) is 45.3. The molecule has 3 heterocycles. The van der Waals surface area contributed by atoms with Crippen molar-refractivity contribution in [1.82, 2.24) is 20.6 Å². The van der Waals surface area contributed by atoms with Gasteiger partial charge >= 0.3 is 5.97 Å². The number of carboxylic acid groups (broad SMARTS) is 1. The van der Waals surface area contributed by atoms with Crippen molar-refractivity contribution >= 4 is 57.5 Å². The van der Waals surface area contributed by atoms with Crippen LogP contribution in [0.25, 0.3) is 0 Å². The number of piperidine rings is 1. The number of carbonyl (C=O) groups is 3. The summed E-state index contributed by atoms with van der Waals surface area (Å²) in [6, 6.07) is -0.344. The van der Waals surface area contributed by atoms with Crippen molar-refractivity contribution in [3.63, 3.8) is 0 Å². The summed E-state index contributed by atoms with van der Waals surface area (Å²) in [7, 11) is 1.51. The van der Waals surface area contributed by atoms with E-state index in [1.54, 1.807) is 11.8 Å². The minimum Gasteiger partial charge on any atom is -0.477 e. The molecular weight excluding hydrogens is 497 g/mol. The minimum absolute atomic E-state index is 0.0167. The number of hydrogen-bond donors (Lipinski definition) is 5. The van der Waals surface area contributed by atoms with E-state index in [2.05, 4.69) is 20.6 Å². The van der Waals surface area contributed by atoms with E-state index >= 15 is 0 Å². The molecule has 0 aliphatic carbocycles. The molecule has 1 fully saturated rings. The zero-order valence-electron chi connectivity index (χ0n) is 17.8. The molecule has 0 saturated carbocycles. The minimum atomic E-state index is -1.27. The van der Waals surface area contributed by atoms with E-state index in [1.165, 1.54) is 7.11 Å². The lowest BCUT2D eigenvalue weighted by molar-refractivity contribution is 0.0540. The third-order valence-electron chi connectivity index (χ3n) is 5.15. The fourth-order valence-corrected chi connectivity index (χ4v) is 4.81. The van der Waals surface area contributed by atoms with E-state index in [0.717, 1.165) is 11.3 Å². The highest BCUT2D eigenvalue weighted by Crippen LogP contribution is 2.31. The number of carboxylic acids is 1. The van der Waals surface area contributed by atoms with Crippen LogP contribution >= 0.6 is 34.5 Å². The molecule has 0 bridgehead atoms. The number of amides is 2. The van der Waals surface area contributed by atoms with E-state index in [9.17, 15) is 19.5 Å². The number of aryl methyl sites for hydroxylation is 1. The lowest BCUT2D eigenvalue weighted by Gasteiger charge is -2.37. The van der Waals surface area contributed by atoms with Gasteiger partial charge in [-0.25, -0.2) is 9.78 Å². The average molecular weight is 520 g/mol. The summed E-state index contributed by atoms with van der Waals surface area (Å²) in [5.41, 5.74) is 0.539. The largest absolute Gasteiger partial charge is 0.477 e. The number of hydrogen-bond acceptors (Lipinski definition) is 8. The number of aliphatic hydroxyl groups excluding tert-OH is 1. The van der Waals surface area contributed by atoms with Gasteiger partial charge in [-0.05, 0) is 13.3 Å². The van der Waals surface area contributed by atoms with Crippen LogP contribution in [0.2, 0.25) is 10.0 Å². The quantitative estimate of drug-likeness (QED) is 0.351. The number of carbonyl (C=O) groups excluding carboxylic acids is 2. The Morgan fingerprint density at radius 2 is 2.03 bits per heavy atom. The molecular formula is C19H23Cl2N5O6S. The van der Waals surface area contributed by atoms with E-state index in [0.29, 0.717) is 30.3 Å². The summed E-state index contributed by atoms with van der Waals surface area (Å²) >= 11 is 13.1. The Morgan fingerprint density at radius 1 is 1.30 bits per heavy atom. The van der Waals surface area contributed by atoms with Crippen molar-refractivity contribution in [2.24, 2.45) is 0 Å². The summed E-state index contributed by atoms with van der Waals surface area (Å²) in [6.07, 6.45) is 0.0420. The number of nitrogens with one attached hydrogen (secondary N) is 3. The number of aromatic amines is 1. The number of nitrogens with zero attached hydrogens (tertiary/aromatic N) is 2. The van der Waals surface area contributed by atoms with E-state index in [-0.39, 0.29) is 45.5 Å². The van der Waals surface area contributed by atoms with Gasteiger partial charge in [0.25, 0.3) is 11.8 Å². The second kappa shape index (κ2) is 10.7. The van der Waals surface area contributed by atoms with Crippen LogP contribution in [-0.4, -0.2) is 83.5 Å². The molecule has 0 aromatic carbocycles. The Morgan fingerprint density at radius 3 is 2.61 bits per heavy atom. The second-order valence-corrected chi connectivity index (χ2v) is 9.03. The molecule has 1 aliphatic heterocycles. The highest BCUT2D eigenvalue weighted by molar-refractivity contribution is 7.17. The summed E-state index contributed by atoms with van der Waals surface area (Å²) < 4.78 is 5.56. The van der Waals surface area contributed by atoms with Crippen molar-refractivity contribution in [3.8, 4) is 0 Å². The van der Waals surface area contributed by atoms with Gasteiger partial charge in [0, 0.05) is 32.4 Å². The monoisotopic (exact) mass is 519 g/mol. The van der Waals surface area contributed by atoms with Gasteiger partial charge in [-0.1, -0.05) is 34.5 Å². The summed E-state index contributed by atoms with van der Waals surface area (Å²) in [6.45, 7) is 2.16. The average Bonchev–Trinajstić information content (AvgIpc) is 3.35. The van der Waals surface area contributed by atoms with Crippen molar-refractivity contribution in [2.75, 3.05) is 38.3 Å². The highest BCUT2D eigenvalue weighted by Gasteiger charge is 2.34. The van der Waals surface area contributed by atoms with Crippen LogP contribution in [0.15, 0.2) is 0 Å². The Balaban J connectivity index is 1.74. The predicted octanol–water partition coefficient (Wildman–Crippen LogP) is 1.53. The van der Waals surface area contributed by atoms with Crippen LogP contribution in [0.3, 0.4) is 0 Å². The van der Waals surface area contributed by atoms with Gasteiger partial charge < -0.3 is 35.5 Å². The van der Waals surface area contributed by atoms with E-state index in [4.69, 9.17) is 33.0 Å². The molecule has 14 heteroatoms. The smallest absolute Gasteiger partial charge is 0.348 e. The molecule has 2 aromatic rings. The number of methoxy groups -OCH3 is 1. The molecule has 0 unspecified atom stereocenters. The normalized spacial score (nSPS) is 18.3. The number of aromatic nitrogens is 2. The van der Waals surface area contributed by atoms with Crippen LogP contribution in [0.4, 0.5) is 5.13 Å². The summed E-state index contributed by atoms with van der Waals surface area (Å²) in [5, 5.41) is 24.4. The number of ether oxygens (including phenoxy) is 1. The molecule has 33 heavy (non-hydrogen) atoms. The van der Waals surface area contributed by atoms with Gasteiger partial charge in [-0.2, -0.15) is 0 Å². The van der Waals surface area contributed by atoms with Crippen LogP contribution in [0.5, 0.6) is 0 Å². The van der Waals surface area contributed by atoms with Gasteiger partial charge in [0.2, 0.25) is 0 Å². The topological polar surface area (TPSA) is 157 Å². The SMILES string of the molecule is CO[C@H]1CN(c2nc(C(=O)NCCO)c(C(=O)O)s2)CC[C@H]1NC(=O)c1[nH]c(C)c(Cl)c1Cl. The van der Waals surface area contributed by atoms with Crippen molar-refractivity contribution in [3.05, 3.63) is 32.0 Å². The van der Waals surface area contributed by atoms with Crippen molar-refractivity contribution in [2.45, 2.75) is 25.5 Å². The Hall–Kier alpha value is -2.38. The first-order valence-corrected chi connectivity index (χ1v) is 11.5. The van der Waals surface area contributed by atoms with Crippen LogP contribution in [0.1, 0.15) is 42.8 Å². The Kier molecular flexibility index (Phi) is 8.19. The third kappa shape index (κ3) is 5.41. The molecule has 0 radical (unpaired) electrons. The Labute approximate surface area is 203 Å². The number of anilines is 1. The van der Waals surface area contributed by atoms with Gasteiger partial charge in [-0.3, -0.25) is 9.59 Å². The second-order valence-electron chi connectivity index (χ2n) is 7.30. The first-order chi connectivity index (χ1) is 15.7. The number of thiazole rings is 1. The molecule has 2 amide bonds. The first-order valence-electron chi connectivity index (χ1n) is 9.93. The van der Waals surface area contributed by atoms with Gasteiger partial charge in [0.1, 0.15) is 10.6 Å². The van der Waals surface area contributed by atoms with Crippen LogP contribution in [-0.2, 0) is 4.74 Å². The Bertz CT molecular complexity index is 1060. The zero-order valence-corrected chi connectivity index (χ0v) is 20.1. The van der Waals surface area contributed by atoms with E-state index < -0.39 is 23.9 Å². The van der Waals surface area contributed by atoms with Crippen LogP contribution < -0.4 is 15.5 Å². The standard InChI is InChI=1S/C19H23Cl2N5O6S/c1-8-11(20)12(21)13(23-8)17(29)24-9-3-5-26(7-10(9)32-2)19-25-14(15(33-19)18(30)31)16(28)22-4-6-27/h9-10,23,27H,3-7H2,1-2H3,(H,22,28)(H,24,29)(H,30,31)/t9-,10+/m1/s1. The maximum Gasteiger partial charge on any atom is 0.348 e. The van der Waals surface area contributed by atoms with Crippen molar-refractivity contribution in [1.29, 1.82) is 0 Å². The van der Waals surface area contributed by atoms with E-state index in [1.807, 2.05) is 0 Å². The molecule has 180 valence electrons. The number of H-pyrrole nitrogens is 1. The molecule has 2 atom stereocenters. The molecule has 2 aromatic heterocycles. The number of halogens is 2. The molecule has 1 aliphatic rings. The van der Waals surface area contributed by atoms with Gasteiger partial charge in [-0.15, -0.1) is 0 Å². The molecule has 3 rings (SSSR count). The third-order valence-corrected chi connectivity index (χ3v) is 7.20. The lowest BCUT2D eigenvalue weighted by Crippen LogP contribution is -2.55. The molecule has 11 nitrogen and oxygen atoms in total. The zero-order chi connectivity index (χ0) is 24.3. The summed E-state index contributed by atoms with van der Waals surface area (Å²) in [5.74, 6) is -2.36. The number of rotatable bonds is 8. The fourth-order valence-electron chi connectivity index (χ4n) is 3.46. The fraction of sp³-hybridized carbons (Fsp3) is 0.474. The maximum absolute atomic E-state index is 12.7. The lowest BCUT2D eigenvalue weighted by atomic mass is 10.0. The van der Waals surface area contributed by atoms with Gasteiger partial charge in [0.15, 0.2) is 10.8 Å². The van der Waals surface area contributed by atoms with Crippen LogP contribution in [0, 0.1) is 6.92 Å². The molecule has 1 saturated heterocycles. The van der Waals surface area contributed by atoms with Crippen molar-refractivity contribution < 1.29 is 29.3 Å². The predicted molar refractivity (Wildman–Crippen MR) is 123 cm³/mol. The number of aromatic carboxylic acids is 1. The number of aliphatic hydroxyl groups is 1. The maximum atomic E-state index is 12.7. The van der Waals surface area contributed by atoms with Gasteiger partial charge in [0.05, 0.1) is 28.8 Å². The molecule has 5 N–H and O–H groups in total. The molecule has 0 spiro atoms. The highest BCUT2D eigenvalue weighted by atomic mass is 35.5.